The van der Waals surface area contributed by atoms with E-state index in [-0.39, 0.29) is 0 Å². The Morgan fingerprint density at radius 3 is 1.36 bits per heavy atom. The minimum Gasteiger partial charge on any atom is -0.309 e. The lowest BCUT2D eigenvalue weighted by Gasteiger charge is -2.17. The largest absolute Gasteiger partial charge is 0.416 e. The minimum atomic E-state index is -4.50. The standard InChI is InChI=1S/C51H32F3N5/c52-51(53,54)38-26-28-47-40(30-38)39-23-13-14-24-46(39)59(47)48-27-25-37(45-32-42(33-15-5-1-6-16-33)55-49(56-45)36-21-11-4-12-22-36)29-41(48)50-57-43(34-17-7-2-8-18-34)31-44(58-50)35-19-9-3-10-20-35/h1-32H. The van der Waals surface area contributed by atoms with Crippen LogP contribution in [0.4, 0.5) is 13.2 Å². The molecule has 0 unspecified atom stereocenters. The summed E-state index contributed by atoms with van der Waals surface area (Å²) in [5.74, 6) is 1.02. The summed E-state index contributed by atoms with van der Waals surface area (Å²) in [6, 6.07) is 61.2. The maximum atomic E-state index is 14.1. The highest BCUT2D eigenvalue weighted by atomic mass is 19.4. The van der Waals surface area contributed by atoms with Crippen LogP contribution in [0.2, 0.25) is 0 Å². The van der Waals surface area contributed by atoms with Crippen molar-refractivity contribution in [1.29, 1.82) is 0 Å². The highest BCUT2D eigenvalue weighted by Crippen LogP contribution is 2.41. The highest BCUT2D eigenvalue weighted by Gasteiger charge is 2.31. The summed E-state index contributed by atoms with van der Waals surface area (Å²) in [6.45, 7) is 0. The SMILES string of the molecule is FC(F)(F)c1ccc2c(c1)c1ccccc1n2-c1ccc(-c2cc(-c3ccccc3)nc(-c3ccccc3)n2)cc1-c1nc(-c2ccccc2)cc(-c2ccccc2)n1. The fraction of sp³-hybridized carbons (Fsp3) is 0.0196. The van der Waals surface area contributed by atoms with E-state index in [0.717, 1.165) is 56.5 Å². The molecule has 0 saturated heterocycles. The van der Waals surface area contributed by atoms with Crippen molar-refractivity contribution in [1.82, 2.24) is 24.5 Å². The summed E-state index contributed by atoms with van der Waals surface area (Å²) in [7, 11) is 0. The second kappa shape index (κ2) is 14.7. The van der Waals surface area contributed by atoms with Crippen molar-refractivity contribution in [3.8, 4) is 73.5 Å². The number of hydrogen-bond donors (Lipinski definition) is 0. The van der Waals surface area contributed by atoms with E-state index in [1.54, 1.807) is 6.07 Å². The molecule has 0 aliphatic rings. The lowest BCUT2D eigenvalue weighted by Crippen LogP contribution is -2.05. The Morgan fingerprint density at radius 2 is 0.814 bits per heavy atom. The molecule has 0 bridgehead atoms. The van der Waals surface area contributed by atoms with Crippen LogP contribution in [-0.4, -0.2) is 24.5 Å². The highest BCUT2D eigenvalue weighted by molar-refractivity contribution is 6.10. The molecular weight excluding hydrogens is 740 g/mol. The summed E-state index contributed by atoms with van der Waals surface area (Å²) in [5.41, 5.74) is 9.36. The molecule has 0 saturated carbocycles. The minimum absolute atomic E-state index is 0.445. The van der Waals surface area contributed by atoms with Gasteiger partial charge in [-0.3, -0.25) is 0 Å². The lowest BCUT2D eigenvalue weighted by atomic mass is 10.0. The number of nitrogens with zero attached hydrogens (tertiary/aromatic N) is 5. The zero-order valence-electron chi connectivity index (χ0n) is 31.3. The van der Waals surface area contributed by atoms with E-state index >= 15 is 0 Å². The van der Waals surface area contributed by atoms with Crippen LogP contribution in [0.3, 0.4) is 0 Å². The number of para-hydroxylation sites is 1. The molecule has 8 heteroatoms. The van der Waals surface area contributed by atoms with Gasteiger partial charge in [0.1, 0.15) is 0 Å². The molecule has 5 nitrogen and oxygen atoms in total. The van der Waals surface area contributed by atoms with Gasteiger partial charge in [0, 0.05) is 44.2 Å². The monoisotopic (exact) mass is 771 g/mol. The van der Waals surface area contributed by atoms with Crippen molar-refractivity contribution in [3.05, 3.63) is 200 Å². The Balaban J connectivity index is 1.27. The Labute approximate surface area is 337 Å². The molecule has 0 amide bonds. The van der Waals surface area contributed by atoms with E-state index in [9.17, 15) is 13.2 Å². The van der Waals surface area contributed by atoms with Gasteiger partial charge in [0.25, 0.3) is 0 Å². The Bertz CT molecular complexity index is 3010. The lowest BCUT2D eigenvalue weighted by molar-refractivity contribution is -0.137. The molecular formula is C51H32F3N5. The molecule has 282 valence electrons. The van der Waals surface area contributed by atoms with E-state index in [1.165, 1.54) is 6.07 Å². The first-order valence-electron chi connectivity index (χ1n) is 19.1. The molecule has 0 atom stereocenters. The van der Waals surface area contributed by atoms with E-state index in [2.05, 4.69) is 0 Å². The Kier molecular flexibility index (Phi) is 8.87. The van der Waals surface area contributed by atoms with Crippen molar-refractivity contribution in [2.24, 2.45) is 0 Å². The van der Waals surface area contributed by atoms with Gasteiger partial charge < -0.3 is 4.57 Å². The summed E-state index contributed by atoms with van der Waals surface area (Å²) in [4.78, 5) is 20.6. The summed E-state index contributed by atoms with van der Waals surface area (Å²) < 4.78 is 44.4. The first kappa shape index (κ1) is 35.7. The molecule has 10 rings (SSSR count). The number of benzene rings is 7. The Hall–Kier alpha value is -7.71. The molecule has 59 heavy (non-hydrogen) atoms. The van der Waals surface area contributed by atoms with E-state index in [1.807, 2.05) is 180 Å². The number of hydrogen-bond acceptors (Lipinski definition) is 4. The van der Waals surface area contributed by atoms with Gasteiger partial charge in [-0.2, -0.15) is 13.2 Å². The van der Waals surface area contributed by atoms with Crippen LogP contribution in [0.15, 0.2) is 194 Å². The summed E-state index contributed by atoms with van der Waals surface area (Å²) >= 11 is 0. The van der Waals surface area contributed by atoms with Gasteiger partial charge >= 0.3 is 6.18 Å². The van der Waals surface area contributed by atoms with Crippen molar-refractivity contribution < 1.29 is 13.2 Å². The number of aromatic nitrogens is 5. The zero-order valence-corrected chi connectivity index (χ0v) is 31.3. The molecule has 0 spiro atoms. The van der Waals surface area contributed by atoms with Gasteiger partial charge in [-0.05, 0) is 48.5 Å². The maximum absolute atomic E-state index is 14.1. The summed E-state index contributed by atoms with van der Waals surface area (Å²) in [5, 5.41) is 1.19. The Morgan fingerprint density at radius 1 is 0.356 bits per heavy atom. The van der Waals surface area contributed by atoms with Crippen LogP contribution >= 0.6 is 0 Å². The average molecular weight is 772 g/mol. The van der Waals surface area contributed by atoms with Crippen LogP contribution < -0.4 is 0 Å². The van der Waals surface area contributed by atoms with Crippen molar-refractivity contribution in [3.63, 3.8) is 0 Å². The van der Waals surface area contributed by atoms with Crippen LogP contribution in [0.1, 0.15) is 5.56 Å². The first-order chi connectivity index (χ1) is 28.9. The smallest absolute Gasteiger partial charge is 0.309 e. The predicted octanol–water partition coefficient (Wildman–Crippen LogP) is 13.4. The normalized spacial score (nSPS) is 11.6. The van der Waals surface area contributed by atoms with Crippen LogP contribution in [0, 0.1) is 0 Å². The molecule has 0 fully saturated rings. The van der Waals surface area contributed by atoms with E-state index in [4.69, 9.17) is 19.9 Å². The summed E-state index contributed by atoms with van der Waals surface area (Å²) in [6.07, 6.45) is -4.50. The fourth-order valence-corrected chi connectivity index (χ4v) is 7.63. The third-order valence-electron chi connectivity index (χ3n) is 10.5. The van der Waals surface area contributed by atoms with E-state index in [0.29, 0.717) is 44.9 Å². The molecule has 0 aliphatic carbocycles. The quantitative estimate of drug-likeness (QED) is 0.162. The molecule has 3 aromatic heterocycles. The zero-order chi connectivity index (χ0) is 39.9. The average Bonchev–Trinajstić information content (AvgIpc) is 3.63. The van der Waals surface area contributed by atoms with Gasteiger partial charge in [0.15, 0.2) is 11.6 Å². The number of rotatable bonds is 7. The third kappa shape index (κ3) is 6.80. The van der Waals surface area contributed by atoms with E-state index < -0.39 is 11.7 Å². The van der Waals surface area contributed by atoms with Gasteiger partial charge in [-0.25, -0.2) is 19.9 Å². The van der Waals surface area contributed by atoms with Crippen molar-refractivity contribution >= 4 is 21.8 Å². The van der Waals surface area contributed by atoms with Gasteiger partial charge in [-0.15, -0.1) is 0 Å². The second-order valence-electron chi connectivity index (χ2n) is 14.2. The van der Waals surface area contributed by atoms with Gasteiger partial charge in [0.05, 0.1) is 45.1 Å². The number of alkyl halides is 3. The molecule has 3 heterocycles. The molecule has 7 aromatic carbocycles. The number of halogens is 3. The second-order valence-corrected chi connectivity index (χ2v) is 14.2. The van der Waals surface area contributed by atoms with Crippen molar-refractivity contribution in [2.45, 2.75) is 6.18 Å². The van der Waals surface area contributed by atoms with Crippen LogP contribution in [0.25, 0.3) is 95.3 Å². The van der Waals surface area contributed by atoms with Crippen molar-refractivity contribution in [2.75, 3.05) is 0 Å². The van der Waals surface area contributed by atoms with Crippen LogP contribution in [0.5, 0.6) is 0 Å². The van der Waals surface area contributed by atoms with Gasteiger partial charge in [0.2, 0.25) is 0 Å². The third-order valence-corrected chi connectivity index (χ3v) is 10.5. The first-order valence-corrected chi connectivity index (χ1v) is 19.1. The maximum Gasteiger partial charge on any atom is 0.416 e. The molecule has 0 radical (unpaired) electrons. The molecule has 0 N–H and O–H groups in total. The van der Waals surface area contributed by atoms with Crippen LogP contribution in [-0.2, 0) is 6.18 Å². The fourth-order valence-electron chi connectivity index (χ4n) is 7.63. The topological polar surface area (TPSA) is 56.5 Å². The predicted molar refractivity (Wildman–Crippen MR) is 230 cm³/mol. The molecule has 10 aromatic rings. The van der Waals surface area contributed by atoms with Gasteiger partial charge in [-0.1, -0.05) is 146 Å². The number of fused-ring (bicyclic) bond motifs is 3. The molecule has 0 aliphatic heterocycles.